The Balaban J connectivity index is 1.24. The summed E-state index contributed by atoms with van der Waals surface area (Å²) < 4.78 is 39.9. The minimum Gasteiger partial charge on any atom is -0.454 e. The molecule has 10 heteroatoms. The molecule has 182 valence electrons. The number of rotatable bonds is 6. The molecule has 0 aliphatic carbocycles. The van der Waals surface area contributed by atoms with Crippen molar-refractivity contribution in [2.24, 2.45) is 0 Å². The van der Waals surface area contributed by atoms with Crippen LogP contribution in [0.25, 0.3) is 0 Å². The van der Waals surface area contributed by atoms with Crippen molar-refractivity contribution in [1.82, 2.24) is 9.80 Å². The Bertz CT molecular complexity index is 1340. The van der Waals surface area contributed by atoms with E-state index in [-0.39, 0.29) is 23.3 Å². The molecule has 5 rings (SSSR count). The second-order valence-electron chi connectivity index (χ2n) is 8.36. The molecule has 3 aromatic carbocycles. The van der Waals surface area contributed by atoms with E-state index < -0.39 is 10.0 Å². The van der Waals surface area contributed by atoms with E-state index >= 15 is 0 Å². The fraction of sp³-hybridized carbons (Fsp3) is 0.240. The molecule has 2 heterocycles. The number of ether oxygens (including phenoxy) is 2. The lowest BCUT2D eigenvalue weighted by Gasteiger charge is -2.35. The Morgan fingerprint density at radius 2 is 1.63 bits per heavy atom. The summed E-state index contributed by atoms with van der Waals surface area (Å²) in [7, 11) is -3.83. The van der Waals surface area contributed by atoms with E-state index in [9.17, 15) is 13.2 Å². The quantitative estimate of drug-likeness (QED) is 0.494. The first-order chi connectivity index (χ1) is 16.9. The number of nitrogens with one attached hydrogen (secondary N) is 1. The van der Waals surface area contributed by atoms with Crippen LogP contribution < -0.4 is 14.2 Å². The van der Waals surface area contributed by atoms with E-state index in [0.717, 1.165) is 28.1 Å². The maximum absolute atomic E-state index is 13.3. The van der Waals surface area contributed by atoms with Crippen LogP contribution in [0.2, 0.25) is 0 Å². The van der Waals surface area contributed by atoms with Crippen LogP contribution >= 0.6 is 15.9 Å². The monoisotopic (exact) mass is 557 g/mol. The largest absolute Gasteiger partial charge is 0.454 e. The minimum absolute atomic E-state index is 0.125. The number of hydrogen-bond donors (Lipinski definition) is 1. The van der Waals surface area contributed by atoms with Crippen molar-refractivity contribution in [3.63, 3.8) is 0 Å². The summed E-state index contributed by atoms with van der Waals surface area (Å²) in [5.74, 6) is 1.33. The Hall–Kier alpha value is -3.08. The number of benzene rings is 3. The van der Waals surface area contributed by atoms with Gasteiger partial charge >= 0.3 is 0 Å². The van der Waals surface area contributed by atoms with E-state index in [1.54, 1.807) is 41.3 Å². The highest BCUT2D eigenvalue weighted by atomic mass is 79.9. The minimum atomic E-state index is -3.83. The van der Waals surface area contributed by atoms with Gasteiger partial charge in [-0.05, 0) is 54.1 Å². The molecule has 1 N–H and O–H groups in total. The third-order valence-electron chi connectivity index (χ3n) is 6.03. The number of carbonyl (C=O) groups is 1. The van der Waals surface area contributed by atoms with Crippen molar-refractivity contribution in [3.8, 4) is 11.5 Å². The van der Waals surface area contributed by atoms with Gasteiger partial charge in [-0.15, -0.1) is 0 Å². The van der Waals surface area contributed by atoms with Crippen LogP contribution in [-0.2, 0) is 16.6 Å². The zero-order valence-electron chi connectivity index (χ0n) is 18.8. The normalized spacial score (nSPS) is 15.7. The molecule has 1 saturated heterocycles. The highest BCUT2D eigenvalue weighted by Gasteiger charge is 2.26. The molecule has 0 unspecified atom stereocenters. The number of nitrogens with zero attached hydrogens (tertiary/aromatic N) is 2. The number of hydrogen-bond acceptors (Lipinski definition) is 6. The molecule has 1 fully saturated rings. The predicted molar refractivity (Wildman–Crippen MR) is 135 cm³/mol. The molecule has 0 spiro atoms. The van der Waals surface area contributed by atoms with Gasteiger partial charge in [-0.1, -0.05) is 34.1 Å². The number of amides is 1. The maximum atomic E-state index is 13.3. The van der Waals surface area contributed by atoms with Gasteiger partial charge in [-0.2, -0.15) is 0 Å². The van der Waals surface area contributed by atoms with Gasteiger partial charge in [0.1, 0.15) is 0 Å². The molecule has 8 nitrogen and oxygen atoms in total. The molecule has 1 amide bonds. The molecule has 2 aliphatic heterocycles. The predicted octanol–water partition coefficient (Wildman–Crippen LogP) is 3.94. The van der Waals surface area contributed by atoms with Gasteiger partial charge in [0.05, 0.1) is 16.1 Å². The van der Waals surface area contributed by atoms with Crippen LogP contribution in [0.4, 0.5) is 5.69 Å². The summed E-state index contributed by atoms with van der Waals surface area (Å²) in [6, 6.07) is 19.0. The molecule has 0 aromatic heterocycles. The number of sulfonamides is 1. The van der Waals surface area contributed by atoms with Crippen LogP contribution in [0.5, 0.6) is 11.5 Å². The molecule has 3 aromatic rings. The first-order valence-electron chi connectivity index (χ1n) is 11.2. The summed E-state index contributed by atoms with van der Waals surface area (Å²) in [6.07, 6.45) is 0. The van der Waals surface area contributed by atoms with Gasteiger partial charge in [0.15, 0.2) is 11.5 Å². The second-order valence-corrected chi connectivity index (χ2v) is 11.0. The SMILES string of the molecule is O=C(c1ccccc1NS(=O)(=O)c1ccc(Br)cc1)N1CCN(Cc2ccc3c(c2)OCO3)CC1. The maximum Gasteiger partial charge on any atom is 0.261 e. The van der Waals surface area contributed by atoms with Gasteiger partial charge < -0.3 is 14.4 Å². The van der Waals surface area contributed by atoms with Gasteiger partial charge in [-0.3, -0.25) is 14.4 Å². The lowest BCUT2D eigenvalue weighted by molar-refractivity contribution is 0.0629. The lowest BCUT2D eigenvalue weighted by Crippen LogP contribution is -2.48. The summed E-state index contributed by atoms with van der Waals surface area (Å²) in [5.41, 5.74) is 1.72. The average Bonchev–Trinajstić information content (AvgIpc) is 3.32. The van der Waals surface area contributed by atoms with E-state index in [4.69, 9.17) is 9.47 Å². The standard InChI is InChI=1S/C25H24BrN3O5S/c26-19-6-8-20(9-7-19)35(31,32)27-22-4-2-1-3-21(22)25(30)29-13-11-28(12-14-29)16-18-5-10-23-24(15-18)34-17-33-23/h1-10,15,27H,11-14,16-17H2. The summed E-state index contributed by atoms with van der Waals surface area (Å²) in [5, 5.41) is 0. The van der Waals surface area contributed by atoms with E-state index in [1.165, 1.54) is 12.1 Å². The highest BCUT2D eigenvalue weighted by Crippen LogP contribution is 2.33. The zero-order chi connectivity index (χ0) is 24.4. The van der Waals surface area contributed by atoms with Crippen molar-refractivity contribution < 1.29 is 22.7 Å². The van der Waals surface area contributed by atoms with Crippen molar-refractivity contribution in [3.05, 3.63) is 82.3 Å². The summed E-state index contributed by atoms with van der Waals surface area (Å²) in [4.78, 5) is 17.5. The third-order valence-corrected chi connectivity index (χ3v) is 7.94. The second kappa shape index (κ2) is 9.88. The Morgan fingerprint density at radius 3 is 2.40 bits per heavy atom. The van der Waals surface area contributed by atoms with Crippen molar-refractivity contribution in [1.29, 1.82) is 0 Å². The van der Waals surface area contributed by atoms with Crippen molar-refractivity contribution in [2.75, 3.05) is 37.7 Å². The topological polar surface area (TPSA) is 88.2 Å². The number of anilines is 1. The Morgan fingerprint density at radius 1 is 0.914 bits per heavy atom. The fourth-order valence-electron chi connectivity index (χ4n) is 4.15. The lowest BCUT2D eigenvalue weighted by atomic mass is 10.1. The number of halogens is 1. The van der Waals surface area contributed by atoms with Crippen molar-refractivity contribution in [2.45, 2.75) is 11.4 Å². The third kappa shape index (κ3) is 5.29. The first kappa shape index (κ1) is 23.7. The molecule has 0 atom stereocenters. The smallest absolute Gasteiger partial charge is 0.261 e. The number of para-hydroxylation sites is 1. The molecular formula is C25H24BrN3O5S. The zero-order valence-corrected chi connectivity index (χ0v) is 21.2. The van der Waals surface area contributed by atoms with Gasteiger partial charge in [0.25, 0.3) is 15.9 Å². The Kier molecular flexibility index (Phi) is 6.68. The van der Waals surface area contributed by atoms with E-state index in [2.05, 4.69) is 25.6 Å². The van der Waals surface area contributed by atoms with Crippen LogP contribution in [-0.4, -0.2) is 57.1 Å². The van der Waals surface area contributed by atoms with Crippen LogP contribution in [0, 0.1) is 0 Å². The fourth-order valence-corrected chi connectivity index (χ4v) is 5.50. The molecule has 2 aliphatic rings. The van der Waals surface area contributed by atoms with Crippen LogP contribution in [0.3, 0.4) is 0 Å². The highest BCUT2D eigenvalue weighted by molar-refractivity contribution is 9.10. The first-order valence-corrected chi connectivity index (χ1v) is 13.4. The molecule has 0 bridgehead atoms. The van der Waals surface area contributed by atoms with Crippen LogP contribution in [0.15, 0.2) is 76.1 Å². The number of fused-ring (bicyclic) bond motifs is 1. The number of carbonyl (C=O) groups excluding carboxylic acids is 1. The summed E-state index contributed by atoms with van der Waals surface area (Å²) >= 11 is 3.31. The molecular weight excluding hydrogens is 534 g/mol. The Labute approximate surface area is 212 Å². The van der Waals surface area contributed by atoms with Gasteiger partial charge in [0, 0.05) is 37.2 Å². The molecule has 0 saturated carbocycles. The van der Waals surface area contributed by atoms with E-state index in [0.29, 0.717) is 31.7 Å². The van der Waals surface area contributed by atoms with E-state index in [1.807, 2.05) is 18.2 Å². The van der Waals surface area contributed by atoms with Crippen molar-refractivity contribution >= 4 is 37.5 Å². The van der Waals surface area contributed by atoms with Gasteiger partial charge in [0.2, 0.25) is 6.79 Å². The molecule has 35 heavy (non-hydrogen) atoms. The van der Waals surface area contributed by atoms with Gasteiger partial charge in [-0.25, -0.2) is 8.42 Å². The van der Waals surface area contributed by atoms with Crippen LogP contribution in [0.1, 0.15) is 15.9 Å². The molecule has 0 radical (unpaired) electrons. The average molecular weight is 558 g/mol. The summed E-state index contributed by atoms with van der Waals surface area (Å²) in [6.45, 7) is 3.54. The number of piperazine rings is 1.